The topological polar surface area (TPSA) is 29.5 Å². The minimum atomic E-state index is -1.54. The number of unbranched alkanes of at least 4 members (excludes halogenated alkanes) is 1. The molecule has 0 rings (SSSR count). The van der Waals surface area contributed by atoms with Crippen molar-refractivity contribution in [3.05, 3.63) is 25.0 Å². The van der Waals surface area contributed by atoms with Crippen LogP contribution in [0.4, 0.5) is 0 Å². The van der Waals surface area contributed by atoms with Crippen molar-refractivity contribution in [3.8, 4) is 0 Å². The standard InChI is InChI=1S/C14H28O2Si/c1-5-9-10-11-14(15)12-13-16-17(6-2,7-3)8-4/h5,12-15H,1,6-11H2,2-4H3. The molecule has 1 atom stereocenters. The lowest BCUT2D eigenvalue weighted by molar-refractivity contribution is 0.207. The fourth-order valence-corrected chi connectivity index (χ4v) is 4.21. The first-order valence-corrected chi connectivity index (χ1v) is 9.30. The summed E-state index contributed by atoms with van der Waals surface area (Å²) in [7, 11) is -1.54. The molecule has 1 N–H and O–H groups in total. The molecule has 0 radical (unpaired) electrons. The van der Waals surface area contributed by atoms with E-state index in [1.54, 1.807) is 12.3 Å². The van der Waals surface area contributed by atoms with Crippen LogP contribution in [-0.4, -0.2) is 19.5 Å². The highest BCUT2D eigenvalue weighted by Crippen LogP contribution is 2.21. The molecule has 1 unspecified atom stereocenters. The van der Waals surface area contributed by atoms with Crippen molar-refractivity contribution in [2.24, 2.45) is 0 Å². The van der Waals surface area contributed by atoms with Crippen LogP contribution in [0.25, 0.3) is 0 Å². The summed E-state index contributed by atoms with van der Waals surface area (Å²) >= 11 is 0. The number of hydrogen-bond donors (Lipinski definition) is 1. The number of aliphatic hydroxyl groups excluding tert-OH is 1. The van der Waals surface area contributed by atoms with Crippen molar-refractivity contribution in [1.82, 2.24) is 0 Å². The third-order valence-corrected chi connectivity index (χ3v) is 7.96. The highest BCUT2D eigenvalue weighted by molar-refractivity contribution is 6.73. The van der Waals surface area contributed by atoms with Gasteiger partial charge in [0.15, 0.2) is 0 Å². The van der Waals surface area contributed by atoms with Crippen LogP contribution >= 0.6 is 0 Å². The van der Waals surface area contributed by atoms with E-state index in [1.807, 2.05) is 6.08 Å². The van der Waals surface area contributed by atoms with E-state index in [0.29, 0.717) is 0 Å². The summed E-state index contributed by atoms with van der Waals surface area (Å²) in [5.41, 5.74) is 0. The van der Waals surface area contributed by atoms with Gasteiger partial charge in [0.1, 0.15) is 0 Å². The van der Waals surface area contributed by atoms with Gasteiger partial charge in [-0.05, 0) is 43.5 Å². The fourth-order valence-electron chi connectivity index (χ4n) is 1.84. The lowest BCUT2D eigenvalue weighted by atomic mass is 10.1. The maximum atomic E-state index is 9.71. The Morgan fingerprint density at radius 1 is 1.24 bits per heavy atom. The first kappa shape index (κ1) is 16.5. The summed E-state index contributed by atoms with van der Waals surface area (Å²) < 4.78 is 5.93. The van der Waals surface area contributed by atoms with Gasteiger partial charge in [-0.2, -0.15) is 0 Å². The van der Waals surface area contributed by atoms with E-state index in [0.717, 1.165) is 37.4 Å². The number of hydrogen-bond acceptors (Lipinski definition) is 2. The largest absolute Gasteiger partial charge is 0.549 e. The molecule has 0 saturated carbocycles. The lowest BCUT2D eigenvalue weighted by Gasteiger charge is -2.26. The summed E-state index contributed by atoms with van der Waals surface area (Å²) in [6.45, 7) is 10.3. The van der Waals surface area contributed by atoms with Crippen LogP contribution in [0, 0.1) is 0 Å². The maximum absolute atomic E-state index is 9.71. The van der Waals surface area contributed by atoms with E-state index in [1.165, 1.54) is 0 Å². The molecule has 17 heavy (non-hydrogen) atoms. The van der Waals surface area contributed by atoms with E-state index in [4.69, 9.17) is 4.43 Å². The number of rotatable bonds is 10. The highest BCUT2D eigenvalue weighted by Gasteiger charge is 2.29. The normalized spacial score (nSPS) is 13.9. The summed E-state index contributed by atoms with van der Waals surface area (Å²) in [6, 6.07) is 3.41. The fraction of sp³-hybridized carbons (Fsp3) is 0.714. The van der Waals surface area contributed by atoms with E-state index in [2.05, 4.69) is 27.4 Å². The molecule has 0 spiro atoms. The van der Waals surface area contributed by atoms with Crippen molar-refractivity contribution >= 4 is 8.32 Å². The maximum Gasteiger partial charge on any atom is 0.249 e. The van der Waals surface area contributed by atoms with Crippen molar-refractivity contribution in [1.29, 1.82) is 0 Å². The molecule has 0 saturated heterocycles. The molecule has 0 aromatic rings. The average Bonchev–Trinajstić information content (AvgIpc) is 2.36. The average molecular weight is 256 g/mol. The summed E-state index contributed by atoms with van der Waals surface area (Å²) in [5.74, 6) is 0. The van der Waals surface area contributed by atoms with Gasteiger partial charge in [-0.15, -0.1) is 6.58 Å². The minimum absolute atomic E-state index is 0.382. The Morgan fingerprint density at radius 3 is 2.29 bits per heavy atom. The van der Waals surface area contributed by atoms with Crippen LogP contribution in [0.3, 0.4) is 0 Å². The first-order chi connectivity index (χ1) is 8.14. The molecule has 0 bridgehead atoms. The Balaban J connectivity index is 4.02. The Bertz CT molecular complexity index is 214. The molecule has 0 aliphatic heterocycles. The molecule has 0 fully saturated rings. The minimum Gasteiger partial charge on any atom is -0.549 e. The SMILES string of the molecule is C=CCCCC(O)C=CO[Si](CC)(CC)CC. The molecule has 0 aromatic carbocycles. The first-order valence-electron chi connectivity index (χ1n) is 6.77. The molecule has 0 heterocycles. The summed E-state index contributed by atoms with van der Waals surface area (Å²) in [6.07, 6.45) is 7.75. The predicted octanol–water partition coefficient (Wildman–Crippen LogP) is 4.24. The third kappa shape index (κ3) is 6.69. The van der Waals surface area contributed by atoms with E-state index in [9.17, 15) is 5.11 Å². The van der Waals surface area contributed by atoms with Gasteiger partial charge in [-0.3, -0.25) is 0 Å². The van der Waals surface area contributed by atoms with Crippen molar-refractivity contribution in [2.45, 2.75) is 64.3 Å². The zero-order chi connectivity index (χ0) is 13.1. The molecule has 0 amide bonds. The third-order valence-electron chi connectivity index (χ3n) is 3.46. The molecule has 2 nitrogen and oxygen atoms in total. The number of aliphatic hydroxyl groups is 1. The Hall–Kier alpha value is -0.543. The summed E-state index contributed by atoms with van der Waals surface area (Å²) in [5, 5.41) is 9.71. The molecule has 0 aliphatic carbocycles. The van der Waals surface area contributed by atoms with Crippen LogP contribution in [0.15, 0.2) is 25.0 Å². The molecule has 3 heteroatoms. The monoisotopic (exact) mass is 256 g/mol. The predicted molar refractivity (Wildman–Crippen MR) is 77.5 cm³/mol. The molecular weight excluding hydrogens is 228 g/mol. The zero-order valence-corrected chi connectivity index (χ0v) is 12.6. The molecule has 0 aliphatic rings. The van der Waals surface area contributed by atoms with Gasteiger partial charge >= 0.3 is 0 Å². The van der Waals surface area contributed by atoms with Crippen LogP contribution in [0.5, 0.6) is 0 Å². The van der Waals surface area contributed by atoms with Gasteiger partial charge in [0.25, 0.3) is 0 Å². The number of allylic oxidation sites excluding steroid dienone is 1. The van der Waals surface area contributed by atoms with Crippen LogP contribution in [0.2, 0.25) is 18.1 Å². The second-order valence-corrected chi connectivity index (χ2v) is 9.20. The van der Waals surface area contributed by atoms with E-state index >= 15 is 0 Å². The lowest BCUT2D eigenvalue weighted by Crippen LogP contribution is -2.33. The van der Waals surface area contributed by atoms with E-state index < -0.39 is 8.32 Å². The van der Waals surface area contributed by atoms with Crippen molar-refractivity contribution in [2.75, 3.05) is 0 Å². The molecular formula is C14H28O2Si. The molecule has 100 valence electrons. The van der Waals surface area contributed by atoms with Crippen LogP contribution < -0.4 is 0 Å². The van der Waals surface area contributed by atoms with Crippen molar-refractivity contribution in [3.63, 3.8) is 0 Å². The van der Waals surface area contributed by atoms with Crippen LogP contribution in [-0.2, 0) is 4.43 Å². The van der Waals surface area contributed by atoms with Gasteiger partial charge in [-0.25, -0.2) is 0 Å². The van der Waals surface area contributed by atoms with Gasteiger partial charge < -0.3 is 9.53 Å². The smallest absolute Gasteiger partial charge is 0.249 e. The Morgan fingerprint density at radius 2 is 1.82 bits per heavy atom. The van der Waals surface area contributed by atoms with Gasteiger partial charge in [0, 0.05) is 0 Å². The quantitative estimate of drug-likeness (QED) is 0.274. The highest BCUT2D eigenvalue weighted by atomic mass is 28.4. The van der Waals surface area contributed by atoms with Crippen LogP contribution in [0.1, 0.15) is 40.0 Å². The Kier molecular flexibility index (Phi) is 9.18. The van der Waals surface area contributed by atoms with Gasteiger partial charge in [0.05, 0.1) is 12.4 Å². The van der Waals surface area contributed by atoms with Gasteiger partial charge in [-0.1, -0.05) is 26.8 Å². The Labute approximate surface area is 108 Å². The van der Waals surface area contributed by atoms with Crippen molar-refractivity contribution < 1.29 is 9.53 Å². The second kappa shape index (κ2) is 9.48. The zero-order valence-electron chi connectivity index (χ0n) is 11.6. The molecule has 0 aromatic heterocycles. The van der Waals surface area contributed by atoms with Gasteiger partial charge in [0.2, 0.25) is 8.32 Å². The summed E-state index contributed by atoms with van der Waals surface area (Å²) in [4.78, 5) is 0. The second-order valence-electron chi connectivity index (χ2n) is 4.48. The van der Waals surface area contributed by atoms with E-state index in [-0.39, 0.29) is 6.10 Å².